The van der Waals surface area contributed by atoms with E-state index in [0.29, 0.717) is 18.7 Å². The number of rotatable bonds is 11. The third-order valence-corrected chi connectivity index (χ3v) is 7.17. The molecule has 0 radical (unpaired) electrons. The number of ketones is 1. The monoisotopic (exact) mass is 470 g/mol. The molecule has 2 aromatic rings. The van der Waals surface area contributed by atoms with E-state index < -0.39 is 17.7 Å². The molecule has 1 amide bonds. The summed E-state index contributed by atoms with van der Waals surface area (Å²) in [6.45, 7) is 11.9. The van der Waals surface area contributed by atoms with Crippen molar-refractivity contribution in [1.29, 1.82) is 0 Å². The van der Waals surface area contributed by atoms with Gasteiger partial charge in [-0.15, -0.1) is 11.3 Å². The van der Waals surface area contributed by atoms with E-state index >= 15 is 0 Å². The van der Waals surface area contributed by atoms with Gasteiger partial charge in [0.25, 0.3) is 5.91 Å². The summed E-state index contributed by atoms with van der Waals surface area (Å²) in [5, 5.41) is 15.5. The molecule has 1 fully saturated rings. The molecule has 0 saturated carbocycles. The van der Waals surface area contributed by atoms with Crippen molar-refractivity contribution in [1.82, 2.24) is 4.90 Å². The second-order valence-corrected chi connectivity index (χ2v) is 9.36. The molecular formula is C26H34N2O4S. The number of quaternary nitrogens is 1. The van der Waals surface area contributed by atoms with Gasteiger partial charge in [0.15, 0.2) is 0 Å². The van der Waals surface area contributed by atoms with Gasteiger partial charge in [-0.2, -0.15) is 0 Å². The molecule has 0 aliphatic carbocycles. The van der Waals surface area contributed by atoms with Crippen LogP contribution in [0.1, 0.15) is 55.7 Å². The molecule has 3 rings (SSSR count). The first-order valence-electron chi connectivity index (χ1n) is 11.8. The zero-order valence-corrected chi connectivity index (χ0v) is 20.8. The zero-order chi connectivity index (χ0) is 24.0. The number of likely N-dealkylation sites (N-methyl/N-ethyl adjacent to an activating group) is 1. The van der Waals surface area contributed by atoms with Crippen LogP contribution in [0.5, 0.6) is 5.75 Å². The van der Waals surface area contributed by atoms with Gasteiger partial charge in [-0.05, 0) is 61.9 Å². The van der Waals surface area contributed by atoms with Gasteiger partial charge in [0.05, 0.1) is 38.8 Å². The van der Waals surface area contributed by atoms with Gasteiger partial charge in [-0.1, -0.05) is 31.2 Å². The molecule has 1 aromatic heterocycles. The smallest absolute Gasteiger partial charge is 0.295 e. The summed E-state index contributed by atoms with van der Waals surface area (Å²) in [5.41, 5.74) is 1.30. The van der Waals surface area contributed by atoms with Crippen molar-refractivity contribution < 1.29 is 24.3 Å². The van der Waals surface area contributed by atoms with Gasteiger partial charge >= 0.3 is 0 Å². The van der Waals surface area contributed by atoms with Crippen LogP contribution in [0.25, 0.3) is 5.76 Å². The molecule has 6 nitrogen and oxygen atoms in total. The van der Waals surface area contributed by atoms with Crippen LogP contribution in [0.15, 0.2) is 41.3 Å². The number of nitrogens with zero attached hydrogens (tertiary/aromatic N) is 1. The Bertz CT molecular complexity index is 996. The minimum atomic E-state index is -0.686. The van der Waals surface area contributed by atoms with Crippen LogP contribution in [-0.2, 0) is 9.59 Å². The van der Waals surface area contributed by atoms with Crippen molar-refractivity contribution in [2.45, 2.75) is 46.6 Å². The number of hydrogen-bond donors (Lipinski definition) is 1. The third-order valence-electron chi connectivity index (χ3n) is 6.24. The summed E-state index contributed by atoms with van der Waals surface area (Å²) < 4.78 is 5.80. The summed E-state index contributed by atoms with van der Waals surface area (Å²) in [4.78, 5) is 29.8. The highest BCUT2D eigenvalue weighted by Crippen LogP contribution is 2.40. The highest BCUT2D eigenvalue weighted by Gasteiger charge is 2.44. The quantitative estimate of drug-likeness (QED) is 0.237. The molecule has 7 heteroatoms. The fourth-order valence-corrected chi connectivity index (χ4v) is 5.01. The number of amides is 1. The molecule has 1 saturated heterocycles. The molecule has 33 heavy (non-hydrogen) atoms. The Kier molecular flexibility index (Phi) is 8.69. The van der Waals surface area contributed by atoms with E-state index in [4.69, 9.17) is 4.74 Å². The van der Waals surface area contributed by atoms with Crippen LogP contribution < -0.4 is 14.7 Å². The zero-order valence-electron chi connectivity index (χ0n) is 20.0. The van der Waals surface area contributed by atoms with E-state index in [1.165, 1.54) is 16.2 Å². The van der Waals surface area contributed by atoms with Gasteiger partial charge in [0.1, 0.15) is 5.75 Å². The van der Waals surface area contributed by atoms with Crippen molar-refractivity contribution >= 4 is 28.8 Å². The molecule has 0 spiro atoms. The molecule has 178 valence electrons. The third kappa shape index (κ3) is 5.47. The first-order chi connectivity index (χ1) is 15.9. The van der Waals surface area contributed by atoms with Crippen molar-refractivity contribution in [3.05, 3.63) is 57.3 Å². The molecule has 1 aliphatic rings. The van der Waals surface area contributed by atoms with E-state index in [9.17, 15) is 14.7 Å². The maximum Gasteiger partial charge on any atom is 0.295 e. The minimum absolute atomic E-state index is 0.0519. The summed E-state index contributed by atoms with van der Waals surface area (Å²) in [7, 11) is 0. The molecule has 2 heterocycles. The number of ether oxygens (including phenoxy) is 1. The summed E-state index contributed by atoms with van der Waals surface area (Å²) >= 11 is 1.46. The number of aryl methyl sites for hydroxylation is 1. The number of Topliss-reactive ketones (excluding diaryl/α,β-unsaturated/α-hetero) is 1. The van der Waals surface area contributed by atoms with Crippen LogP contribution in [0.2, 0.25) is 0 Å². The number of carbonyl (C=O) groups is 2. The Morgan fingerprint density at radius 2 is 1.94 bits per heavy atom. The average Bonchev–Trinajstić information content (AvgIpc) is 3.43. The minimum Gasteiger partial charge on any atom is -0.872 e. The van der Waals surface area contributed by atoms with Crippen molar-refractivity contribution in [3.63, 3.8) is 0 Å². The lowest BCUT2D eigenvalue weighted by atomic mass is 9.98. The Balaban J connectivity index is 1.97. The lowest BCUT2D eigenvalue weighted by molar-refractivity contribution is -0.895. The standard InChI is InChI=1S/C26H34N2O4S/c1-5-8-15-32-20-12-11-19(17-18(20)4)24(29)22-23(21-10-9-16-33-21)28(26(31)25(22)30)14-13-27(6-2)7-3/h9-12,16-17,23,29H,5-8,13-15H2,1-4H3/b24-22+. The highest BCUT2D eigenvalue weighted by atomic mass is 32.1. The topological polar surface area (TPSA) is 74.1 Å². The fourth-order valence-electron chi connectivity index (χ4n) is 4.16. The molecular weight excluding hydrogens is 436 g/mol. The van der Waals surface area contributed by atoms with E-state index in [1.54, 1.807) is 23.1 Å². The number of nitrogens with one attached hydrogen (secondary N) is 1. The molecule has 1 atom stereocenters. The van der Waals surface area contributed by atoms with Gasteiger partial charge < -0.3 is 19.6 Å². The van der Waals surface area contributed by atoms with Crippen molar-refractivity contribution in [2.75, 3.05) is 32.8 Å². The predicted octanol–water partition coefficient (Wildman–Crippen LogP) is 2.38. The number of hydrogen-bond acceptors (Lipinski definition) is 5. The van der Waals surface area contributed by atoms with E-state index in [-0.39, 0.29) is 11.3 Å². The van der Waals surface area contributed by atoms with E-state index in [0.717, 1.165) is 48.7 Å². The summed E-state index contributed by atoms with van der Waals surface area (Å²) in [6.07, 6.45) is 2.00. The molecule has 1 aliphatic heterocycles. The Morgan fingerprint density at radius 3 is 2.55 bits per heavy atom. The Hall–Kier alpha value is -2.64. The van der Waals surface area contributed by atoms with Gasteiger partial charge in [0.2, 0.25) is 5.78 Å². The molecule has 1 N–H and O–H groups in total. The second-order valence-electron chi connectivity index (χ2n) is 8.38. The summed E-state index contributed by atoms with van der Waals surface area (Å²) in [5.74, 6) is -0.918. The highest BCUT2D eigenvalue weighted by molar-refractivity contribution is 7.10. The van der Waals surface area contributed by atoms with Crippen molar-refractivity contribution in [2.24, 2.45) is 0 Å². The first kappa shape index (κ1) is 25.0. The van der Waals surface area contributed by atoms with E-state index in [2.05, 4.69) is 20.8 Å². The molecule has 0 bridgehead atoms. The number of likely N-dealkylation sites (tertiary alicyclic amines) is 1. The molecule has 1 aromatic carbocycles. The predicted molar refractivity (Wildman–Crippen MR) is 129 cm³/mol. The maximum atomic E-state index is 13.6. The van der Waals surface area contributed by atoms with Crippen molar-refractivity contribution in [3.8, 4) is 5.75 Å². The van der Waals surface area contributed by atoms with Crippen LogP contribution in [0.4, 0.5) is 0 Å². The maximum absolute atomic E-state index is 13.6. The SMILES string of the molecule is CCCCOc1ccc(/C([O-])=C2\C(=O)C(=O)N(CC[NH+](CC)CC)C2c2cccs2)cc1C. The largest absolute Gasteiger partial charge is 0.872 e. The van der Waals surface area contributed by atoms with Gasteiger partial charge in [-0.25, -0.2) is 0 Å². The van der Waals surface area contributed by atoms with Gasteiger partial charge in [-0.3, -0.25) is 9.59 Å². The lowest BCUT2D eigenvalue weighted by Crippen LogP contribution is -3.12. The Morgan fingerprint density at radius 1 is 1.18 bits per heavy atom. The van der Waals surface area contributed by atoms with Crippen LogP contribution >= 0.6 is 11.3 Å². The number of thiophene rings is 1. The normalized spacial score (nSPS) is 17.8. The van der Waals surface area contributed by atoms with Gasteiger partial charge in [0, 0.05) is 10.5 Å². The fraction of sp³-hybridized carbons (Fsp3) is 0.462. The van der Waals surface area contributed by atoms with E-state index in [1.807, 2.05) is 24.4 Å². The molecule has 1 unspecified atom stereocenters. The van der Waals surface area contributed by atoms with Crippen LogP contribution in [0.3, 0.4) is 0 Å². The van der Waals surface area contributed by atoms with Crippen LogP contribution in [-0.4, -0.2) is 49.4 Å². The average molecular weight is 471 g/mol. The second kappa shape index (κ2) is 11.5. The Labute approximate surface area is 200 Å². The first-order valence-corrected chi connectivity index (χ1v) is 12.7. The number of unbranched alkanes of at least 4 members (excludes halogenated alkanes) is 1. The number of benzene rings is 1. The lowest BCUT2D eigenvalue weighted by Gasteiger charge is -2.27. The van der Waals surface area contributed by atoms with Crippen LogP contribution in [0, 0.1) is 6.92 Å². The summed E-state index contributed by atoms with van der Waals surface area (Å²) in [6, 6.07) is 8.37. The number of carbonyl (C=O) groups excluding carboxylic acids is 2.